The van der Waals surface area contributed by atoms with E-state index in [1.54, 1.807) is 12.0 Å². The van der Waals surface area contributed by atoms with Crippen LogP contribution in [0.15, 0.2) is 42.5 Å². The quantitative estimate of drug-likeness (QED) is 0.723. The smallest absolute Gasteiger partial charge is 0.243 e. The summed E-state index contributed by atoms with van der Waals surface area (Å²) in [6.07, 6.45) is 5.16. The first-order chi connectivity index (χ1) is 15.0. The van der Waals surface area contributed by atoms with E-state index < -0.39 is 0 Å². The van der Waals surface area contributed by atoms with Crippen molar-refractivity contribution in [3.8, 4) is 11.5 Å². The molecule has 164 valence electrons. The van der Waals surface area contributed by atoms with Gasteiger partial charge in [-0.2, -0.15) is 0 Å². The normalized spacial score (nSPS) is 19.0. The van der Waals surface area contributed by atoms with E-state index in [0.29, 0.717) is 18.7 Å². The van der Waals surface area contributed by atoms with Gasteiger partial charge >= 0.3 is 0 Å². The summed E-state index contributed by atoms with van der Waals surface area (Å²) in [6.45, 7) is 2.58. The largest absolute Gasteiger partial charge is 0.493 e. The van der Waals surface area contributed by atoms with Gasteiger partial charge in [-0.1, -0.05) is 23.8 Å². The van der Waals surface area contributed by atoms with Gasteiger partial charge in [0.15, 0.2) is 11.5 Å². The lowest BCUT2D eigenvalue weighted by molar-refractivity contribution is -0.131. The number of anilines is 1. The van der Waals surface area contributed by atoms with Crippen molar-refractivity contribution < 1.29 is 19.1 Å². The van der Waals surface area contributed by atoms with E-state index in [1.807, 2.05) is 49.4 Å². The number of nitrogens with one attached hydrogen (secondary N) is 1. The fourth-order valence-electron chi connectivity index (χ4n) is 4.38. The molecule has 2 aliphatic rings. The van der Waals surface area contributed by atoms with Crippen LogP contribution in [0, 0.1) is 6.92 Å². The highest BCUT2D eigenvalue weighted by Gasteiger charge is 2.32. The fraction of sp³-hybridized carbons (Fsp3) is 0.440. The molecule has 2 fully saturated rings. The van der Waals surface area contributed by atoms with Crippen LogP contribution in [-0.4, -0.2) is 43.0 Å². The van der Waals surface area contributed by atoms with E-state index in [0.717, 1.165) is 35.4 Å². The SMILES string of the molecule is COc1ccc(C2CC(=O)N(CC(=O)Nc3ccc(C)cc3)C2)cc1OC1CCCC1. The van der Waals surface area contributed by atoms with Crippen molar-refractivity contribution in [1.29, 1.82) is 0 Å². The lowest BCUT2D eigenvalue weighted by Gasteiger charge is -2.19. The van der Waals surface area contributed by atoms with Crippen LogP contribution in [0.1, 0.15) is 49.1 Å². The molecule has 6 nitrogen and oxygen atoms in total. The summed E-state index contributed by atoms with van der Waals surface area (Å²) in [4.78, 5) is 26.6. The van der Waals surface area contributed by atoms with Crippen molar-refractivity contribution in [3.05, 3.63) is 53.6 Å². The van der Waals surface area contributed by atoms with E-state index in [9.17, 15) is 9.59 Å². The van der Waals surface area contributed by atoms with Gasteiger partial charge < -0.3 is 19.7 Å². The third-order valence-corrected chi connectivity index (χ3v) is 6.14. The zero-order chi connectivity index (χ0) is 21.8. The Labute approximate surface area is 183 Å². The lowest BCUT2D eigenvalue weighted by Crippen LogP contribution is -2.34. The first-order valence-corrected chi connectivity index (χ1v) is 11.0. The number of methoxy groups -OCH3 is 1. The molecule has 4 rings (SSSR count). The average molecular weight is 423 g/mol. The van der Waals surface area contributed by atoms with Crippen LogP contribution in [0.2, 0.25) is 0 Å². The molecule has 1 saturated carbocycles. The van der Waals surface area contributed by atoms with Gasteiger partial charge in [0.1, 0.15) is 0 Å². The van der Waals surface area contributed by atoms with Crippen molar-refractivity contribution in [1.82, 2.24) is 4.90 Å². The molecule has 1 atom stereocenters. The van der Waals surface area contributed by atoms with Gasteiger partial charge in [-0.25, -0.2) is 0 Å². The zero-order valence-corrected chi connectivity index (χ0v) is 18.2. The Morgan fingerprint density at radius 3 is 2.55 bits per heavy atom. The molecule has 1 unspecified atom stereocenters. The molecule has 31 heavy (non-hydrogen) atoms. The highest BCUT2D eigenvalue weighted by molar-refractivity contribution is 5.95. The topological polar surface area (TPSA) is 67.9 Å². The van der Waals surface area contributed by atoms with E-state index in [4.69, 9.17) is 9.47 Å². The highest BCUT2D eigenvalue weighted by Crippen LogP contribution is 2.37. The number of ether oxygens (including phenoxy) is 2. The summed E-state index contributed by atoms with van der Waals surface area (Å²) in [7, 11) is 1.64. The molecule has 2 aromatic carbocycles. The number of hydrogen-bond acceptors (Lipinski definition) is 4. The summed E-state index contributed by atoms with van der Waals surface area (Å²) in [5.74, 6) is 1.32. The predicted molar refractivity (Wildman–Crippen MR) is 120 cm³/mol. The molecule has 6 heteroatoms. The minimum atomic E-state index is -0.183. The van der Waals surface area contributed by atoms with Gasteiger partial charge in [0.05, 0.1) is 19.8 Å². The molecular weight excluding hydrogens is 392 g/mol. The second-order valence-corrected chi connectivity index (χ2v) is 8.52. The van der Waals surface area contributed by atoms with Gasteiger partial charge in [-0.15, -0.1) is 0 Å². The molecular formula is C25H30N2O4. The lowest BCUT2D eigenvalue weighted by atomic mass is 9.98. The maximum atomic E-state index is 12.6. The second-order valence-electron chi connectivity index (χ2n) is 8.52. The molecule has 2 amide bonds. The van der Waals surface area contributed by atoms with Gasteiger partial charge in [-0.05, 0) is 62.4 Å². The third-order valence-electron chi connectivity index (χ3n) is 6.14. The Hall–Kier alpha value is -3.02. The maximum Gasteiger partial charge on any atom is 0.243 e. The Bertz CT molecular complexity index is 935. The van der Waals surface area contributed by atoms with Gasteiger partial charge in [0.25, 0.3) is 0 Å². The first kappa shape index (κ1) is 21.2. The maximum absolute atomic E-state index is 12.6. The standard InChI is InChI=1S/C25H30N2O4/c1-17-7-10-20(11-8-17)26-24(28)16-27-15-19(14-25(27)29)18-9-12-22(30-2)23(13-18)31-21-5-3-4-6-21/h7-13,19,21H,3-6,14-16H2,1-2H3,(H,26,28). The zero-order valence-electron chi connectivity index (χ0n) is 18.2. The van der Waals surface area contributed by atoms with Crippen LogP contribution in [0.5, 0.6) is 11.5 Å². The van der Waals surface area contributed by atoms with Crippen LogP contribution in [-0.2, 0) is 9.59 Å². The third kappa shape index (κ3) is 5.19. The average Bonchev–Trinajstić information content (AvgIpc) is 3.40. The summed E-state index contributed by atoms with van der Waals surface area (Å²) < 4.78 is 11.7. The summed E-state index contributed by atoms with van der Waals surface area (Å²) in [5, 5.41) is 2.87. The number of carbonyl (C=O) groups is 2. The minimum absolute atomic E-state index is 0.00173. The van der Waals surface area contributed by atoms with E-state index >= 15 is 0 Å². The van der Waals surface area contributed by atoms with Crippen molar-refractivity contribution in [2.24, 2.45) is 0 Å². The summed E-state index contributed by atoms with van der Waals surface area (Å²) in [5.41, 5.74) is 2.91. The predicted octanol–water partition coefficient (Wildman–Crippen LogP) is 4.28. The number of amides is 2. The number of benzene rings is 2. The van der Waals surface area contributed by atoms with Crippen LogP contribution < -0.4 is 14.8 Å². The highest BCUT2D eigenvalue weighted by atomic mass is 16.5. The monoisotopic (exact) mass is 422 g/mol. The minimum Gasteiger partial charge on any atom is -0.493 e. The molecule has 0 radical (unpaired) electrons. The molecule has 2 aromatic rings. The van der Waals surface area contributed by atoms with Crippen molar-refractivity contribution in [3.63, 3.8) is 0 Å². The number of nitrogens with zero attached hydrogens (tertiary/aromatic N) is 1. The molecule has 1 N–H and O–H groups in total. The molecule has 1 aliphatic carbocycles. The summed E-state index contributed by atoms with van der Waals surface area (Å²) in [6, 6.07) is 13.5. The number of rotatable bonds is 7. The van der Waals surface area contributed by atoms with E-state index in [2.05, 4.69) is 5.32 Å². The van der Waals surface area contributed by atoms with E-state index in [-0.39, 0.29) is 30.4 Å². The van der Waals surface area contributed by atoms with Gasteiger partial charge in [-0.3, -0.25) is 9.59 Å². The van der Waals surface area contributed by atoms with Crippen LogP contribution in [0.3, 0.4) is 0 Å². The van der Waals surface area contributed by atoms with Crippen LogP contribution >= 0.6 is 0 Å². The molecule has 1 aliphatic heterocycles. The number of hydrogen-bond donors (Lipinski definition) is 1. The molecule has 1 heterocycles. The Morgan fingerprint density at radius 1 is 1.10 bits per heavy atom. The van der Waals surface area contributed by atoms with Crippen molar-refractivity contribution in [2.75, 3.05) is 25.5 Å². The Balaban J connectivity index is 1.40. The van der Waals surface area contributed by atoms with Gasteiger partial charge in [0, 0.05) is 24.6 Å². The molecule has 0 bridgehead atoms. The number of aryl methyl sites for hydroxylation is 1. The summed E-state index contributed by atoms with van der Waals surface area (Å²) >= 11 is 0. The molecule has 1 saturated heterocycles. The Kier molecular flexibility index (Phi) is 6.44. The van der Waals surface area contributed by atoms with Crippen molar-refractivity contribution in [2.45, 2.75) is 51.0 Å². The molecule has 0 spiro atoms. The van der Waals surface area contributed by atoms with Crippen LogP contribution in [0.25, 0.3) is 0 Å². The first-order valence-electron chi connectivity index (χ1n) is 11.0. The number of carbonyl (C=O) groups excluding carboxylic acids is 2. The second kappa shape index (κ2) is 9.41. The van der Waals surface area contributed by atoms with Gasteiger partial charge in [0.2, 0.25) is 11.8 Å². The Morgan fingerprint density at radius 2 is 1.84 bits per heavy atom. The fourth-order valence-corrected chi connectivity index (χ4v) is 4.38. The van der Waals surface area contributed by atoms with Crippen LogP contribution in [0.4, 0.5) is 5.69 Å². The molecule has 0 aromatic heterocycles. The van der Waals surface area contributed by atoms with Crippen molar-refractivity contribution >= 4 is 17.5 Å². The number of likely N-dealkylation sites (tertiary alicyclic amines) is 1. The van der Waals surface area contributed by atoms with E-state index in [1.165, 1.54) is 12.8 Å².